The molecule has 1 aromatic carbocycles. The molecule has 19 heavy (non-hydrogen) atoms. The summed E-state index contributed by atoms with van der Waals surface area (Å²) < 4.78 is 9.30. The van der Waals surface area contributed by atoms with Crippen LogP contribution in [0, 0.1) is 0 Å². The van der Waals surface area contributed by atoms with Crippen molar-refractivity contribution in [1.29, 1.82) is 0 Å². The normalized spacial score (nSPS) is 11.3. The van der Waals surface area contributed by atoms with Crippen molar-refractivity contribution in [2.45, 2.75) is 19.6 Å². The molecule has 1 atom stereocenters. The fraction of sp³-hybridized carbons (Fsp3) is 0.308. The fourth-order valence-electron chi connectivity index (χ4n) is 1.33. The summed E-state index contributed by atoms with van der Waals surface area (Å²) in [6, 6.07) is 7.69. The maximum absolute atomic E-state index is 11.5. The van der Waals surface area contributed by atoms with E-state index in [1.165, 1.54) is 6.92 Å². The first-order valence-corrected chi connectivity index (χ1v) is 5.60. The van der Waals surface area contributed by atoms with Crippen molar-refractivity contribution < 1.29 is 23.9 Å². The minimum absolute atomic E-state index is 0.0540. The third-order valence-corrected chi connectivity index (χ3v) is 2.32. The topological polar surface area (TPSA) is 81.7 Å². The van der Waals surface area contributed by atoms with Gasteiger partial charge in [0.2, 0.25) is 0 Å². The molecule has 0 aliphatic rings. The first-order valence-electron chi connectivity index (χ1n) is 5.60. The lowest BCUT2D eigenvalue weighted by atomic mass is 10.2. The van der Waals surface area contributed by atoms with Crippen LogP contribution in [0.25, 0.3) is 0 Å². The molecule has 6 nitrogen and oxygen atoms in total. The van der Waals surface area contributed by atoms with Gasteiger partial charge in [-0.3, -0.25) is 4.79 Å². The third kappa shape index (κ3) is 4.79. The van der Waals surface area contributed by atoms with Crippen LogP contribution in [0.3, 0.4) is 0 Å². The summed E-state index contributed by atoms with van der Waals surface area (Å²) in [7, 11) is 1.13. The second-order valence-corrected chi connectivity index (χ2v) is 3.77. The quantitative estimate of drug-likeness (QED) is 0.635. The second kappa shape index (κ2) is 7.15. The number of methoxy groups -OCH3 is 1. The zero-order valence-corrected chi connectivity index (χ0v) is 10.7. The van der Waals surface area contributed by atoms with Gasteiger partial charge in [-0.15, -0.1) is 0 Å². The number of carbonyl (C=O) groups excluding carboxylic acids is 3. The number of alkyl carbamates (subject to hydrolysis) is 1. The minimum Gasteiger partial charge on any atom is -0.467 e. The first-order chi connectivity index (χ1) is 9.04. The maximum atomic E-state index is 11.5. The summed E-state index contributed by atoms with van der Waals surface area (Å²) in [6.07, 6.45) is -0.852. The highest BCUT2D eigenvalue weighted by Gasteiger charge is 2.26. The molecule has 6 heteroatoms. The minimum atomic E-state index is -1.34. The lowest BCUT2D eigenvalue weighted by Gasteiger charge is -2.13. The highest BCUT2D eigenvalue weighted by atomic mass is 16.6. The Balaban J connectivity index is 2.49. The molecular weight excluding hydrogens is 250 g/mol. The van der Waals surface area contributed by atoms with Crippen LogP contribution in [0.2, 0.25) is 0 Å². The molecule has 0 aromatic heterocycles. The standard InChI is InChI=1S/C13H15NO5/c1-9(15)11(12(16)18-2)14-13(17)19-8-10-6-4-3-5-7-10/h3-7,11H,8H2,1-2H3,(H,14,17). The van der Waals surface area contributed by atoms with E-state index in [9.17, 15) is 14.4 Å². The van der Waals surface area contributed by atoms with E-state index >= 15 is 0 Å². The van der Waals surface area contributed by atoms with Crippen LogP contribution >= 0.6 is 0 Å². The smallest absolute Gasteiger partial charge is 0.408 e. The summed E-state index contributed by atoms with van der Waals surface area (Å²) in [4.78, 5) is 33.9. The number of nitrogens with one attached hydrogen (secondary N) is 1. The van der Waals surface area contributed by atoms with Gasteiger partial charge in [-0.05, 0) is 12.5 Å². The predicted octanol–water partition coefficient (Wildman–Crippen LogP) is 1.04. The molecule has 0 spiro atoms. The summed E-state index contributed by atoms with van der Waals surface area (Å²) in [6.45, 7) is 1.23. The van der Waals surface area contributed by atoms with Gasteiger partial charge in [-0.2, -0.15) is 0 Å². The molecule has 0 saturated heterocycles. The van der Waals surface area contributed by atoms with Gasteiger partial charge in [0.05, 0.1) is 7.11 Å². The van der Waals surface area contributed by atoms with Gasteiger partial charge in [0.1, 0.15) is 6.61 Å². The molecule has 1 amide bonds. The van der Waals surface area contributed by atoms with Crippen LogP contribution in [0.15, 0.2) is 30.3 Å². The Morgan fingerprint density at radius 2 is 1.84 bits per heavy atom. The SMILES string of the molecule is COC(=O)C(NC(=O)OCc1ccccc1)C(C)=O. The van der Waals surface area contributed by atoms with Crippen molar-refractivity contribution in [2.75, 3.05) is 7.11 Å². The van der Waals surface area contributed by atoms with E-state index in [1.807, 2.05) is 18.2 Å². The Morgan fingerprint density at radius 3 is 2.37 bits per heavy atom. The van der Waals surface area contributed by atoms with Gasteiger partial charge in [0.25, 0.3) is 0 Å². The van der Waals surface area contributed by atoms with Crippen LogP contribution in [-0.4, -0.2) is 31.0 Å². The summed E-state index contributed by atoms with van der Waals surface area (Å²) in [5.41, 5.74) is 0.801. The molecule has 0 saturated carbocycles. The van der Waals surface area contributed by atoms with Crippen LogP contribution in [0.5, 0.6) is 0 Å². The molecule has 0 aliphatic heterocycles. The Bertz CT molecular complexity index is 457. The van der Waals surface area contributed by atoms with E-state index in [0.29, 0.717) is 0 Å². The third-order valence-electron chi connectivity index (χ3n) is 2.32. The van der Waals surface area contributed by atoms with Crippen LogP contribution in [0.4, 0.5) is 4.79 Å². The monoisotopic (exact) mass is 265 g/mol. The second-order valence-electron chi connectivity index (χ2n) is 3.77. The molecule has 0 fully saturated rings. The van der Waals surface area contributed by atoms with Gasteiger partial charge in [0, 0.05) is 0 Å². The maximum Gasteiger partial charge on any atom is 0.408 e. The number of Topliss-reactive ketones (excluding diaryl/α,β-unsaturated/α-hetero) is 1. The number of carbonyl (C=O) groups is 3. The lowest BCUT2D eigenvalue weighted by Crippen LogP contribution is -2.46. The van der Waals surface area contributed by atoms with Gasteiger partial charge in [-0.1, -0.05) is 30.3 Å². The van der Waals surface area contributed by atoms with E-state index in [4.69, 9.17) is 4.74 Å². The number of hydrogen-bond donors (Lipinski definition) is 1. The Kier molecular flexibility index (Phi) is 5.53. The fourth-order valence-corrected chi connectivity index (χ4v) is 1.33. The molecule has 0 heterocycles. The first kappa shape index (κ1) is 14.7. The van der Waals surface area contributed by atoms with Crippen molar-refractivity contribution >= 4 is 17.8 Å². The average Bonchev–Trinajstić information content (AvgIpc) is 2.42. The molecule has 1 aromatic rings. The number of esters is 1. The molecule has 102 valence electrons. The number of benzene rings is 1. The predicted molar refractivity (Wildman–Crippen MR) is 66.2 cm³/mol. The Hall–Kier alpha value is -2.37. The van der Waals surface area contributed by atoms with Crippen LogP contribution < -0.4 is 5.32 Å². The number of rotatable bonds is 5. The molecular formula is C13H15NO5. The van der Waals surface area contributed by atoms with Gasteiger partial charge in [0.15, 0.2) is 11.8 Å². The molecule has 1 rings (SSSR count). The van der Waals surface area contributed by atoms with E-state index < -0.39 is 23.9 Å². The number of ether oxygens (including phenoxy) is 2. The summed E-state index contributed by atoms with van der Waals surface area (Å²) in [5, 5.41) is 2.15. The average molecular weight is 265 g/mol. The zero-order chi connectivity index (χ0) is 14.3. The van der Waals surface area contributed by atoms with Crippen molar-refractivity contribution in [2.24, 2.45) is 0 Å². The van der Waals surface area contributed by atoms with E-state index in [1.54, 1.807) is 12.1 Å². The highest BCUT2D eigenvalue weighted by molar-refractivity contribution is 6.04. The zero-order valence-electron chi connectivity index (χ0n) is 10.7. The van der Waals surface area contributed by atoms with Crippen LogP contribution in [-0.2, 0) is 25.7 Å². The number of ketones is 1. The van der Waals surface area contributed by atoms with E-state index in [2.05, 4.69) is 10.1 Å². The summed E-state index contributed by atoms with van der Waals surface area (Å²) in [5.74, 6) is -1.35. The van der Waals surface area contributed by atoms with Crippen molar-refractivity contribution in [3.63, 3.8) is 0 Å². The molecule has 1 unspecified atom stereocenters. The molecule has 0 aliphatic carbocycles. The van der Waals surface area contributed by atoms with Gasteiger partial charge < -0.3 is 14.8 Å². The van der Waals surface area contributed by atoms with Crippen molar-refractivity contribution in [3.05, 3.63) is 35.9 Å². The summed E-state index contributed by atoms with van der Waals surface area (Å²) >= 11 is 0. The molecule has 0 bridgehead atoms. The highest BCUT2D eigenvalue weighted by Crippen LogP contribution is 2.01. The number of hydrogen-bond acceptors (Lipinski definition) is 5. The van der Waals surface area contributed by atoms with Gasteiger partial charge >= 0.3 is 12.1 Å². The largest absolute Gasteiger partial charge is 0.467 e. The Labute approximate surface area is 110 Å². The Morgan fingerprint density at radius 1 is 1.21 bits per heavy atom. The van der Waals surface area contributed by atoms with E-state index in [0.717, 1.165) is 12.7 Å². The van der Waals surface area contributed by atoms with E-state index in [-0.39, 0.29) is 6.61 Å². The van der Waals surface area contributed by atoms with Gasteiger partial charge in [-0.25, -0.2) is 9.59 Å². The number of amides is 1. The van der Waals surface area contributed by atoms with Crippen molar-refractivity contribution in [3.8, 4) is 0 Å². The molecule has 1 N–H and O–H groups in total. The lowest BCUT2D eigenvalue weighted by molar-refractivity contribution is -0.145. The molecule has 0 radical (unpaired) electrons. The van der Waals surface area contributed by atoms with Crippen molar-refractivity contribution in [1.82, 2.24) is 5.32 Å². The van der Waals surface area contributed by atoms with Crippen LogP contribution in [0.1, 0.15) is 12.5 Å².